The zero-order chi connectivity index (χ0) is 31.6. The summed E-state index contributed by atoms with van der Waals surface area (Å²) in [6, 6.07) is 20.3. The van der Waals surface area contributed by atoms with Gasteiger partial charge in [-0.05, 0) is 49.9 Å². The van der Waals surface area contributed by atoms with Gasteiger partial charge in [0.15, 0.2) is 28.5 Å². The molecule has 8 nitrogen and oxygen atoms in total. The highest BCUT2D eigenvalue weighted by Crippen LogP contribution is 2.43. The summed E-state index contributed by atoms with van der Waals surface area (Å²) in [6.45, 7) is 5.25. The number of nitrogens with two attached hydrogens (primary N) is 2. The van der Waals surface area contributed by atoms with E-state index in [2.05, 4.69) is 0 Å². The van der Waals surface area contributed by atoms with Crippen LogP contribution >= 0.6 is 0 Å². The number of ether oxygens (including phenoxy) is 2. The normalized spacial score (nSPS) is 10.9. The third-order valence-corrected chi connectivity index (χ3v) is 7.12. The minimum absolute atomic E-state index is 0.0125. The number of carbonyl (C=O) groups excluding carboxylic acids is 2. The Labute approximate surface area is 246 Å². The summed E-state index contributed by atoms with van der Waals surface area (Å²) in [5, 5.41) is 19.4. The van der Waals surface area contributed by atoms with E-state index < -0.39 is 51.9 Å². The van der Waals surface area contributed by atoms with E-state index in [9.17, 15) is 20.1 Å². The molecule has 0 spiro atoms. The molecule has 0 saturated carbocycles. The number of anilines is 2. The van der Waals surface area contributed by atoms with Gasteiger partial charge in [0.25, 0.3) is 0 Å². The molecule has 4 aromatic carbocycles. The largest absolute Gasteiger partial charge is 0.420 e. The predicted molar refractivity (Wildman–Crippen MR) is 156 cm³/mol. The van der Waals surface area contributed by atoms with E-state index >= 15 is 8.78 Å². The fourth-order valence-electron chi connectivity index (χ4n) is 4.58. The second-order valence-electron chi connectivity index (χ2n) is 10.2. The lowest BCUT2D eigenvalue weighted by Crippen LogP contribution is -2.40. The predicted octanol–water partition coefficient (Wildman–Crippen LogP) is 6.36. The Morgan fingerprint density at radius 1 is 0.698 bits per heavy atom. The van der Waals surface area contributed by atoms with Gasteiger partial charge in [-0.25, -0.2) is 8.78 Å². The summed E-state index contributed by atoms with van der Waals surface area (Å²) < 4.78 is 42.3. The fourth-order valence-corrected chi connectivity index (χ4v) is 4.58. The number of carbonyl (C=O) groups is 2. The molecule has 0 bridgehead atoms. The molecular formula is C33H26F2N4O4. The van der Waals surface area contributed by atoms with Gasteiger partial charge in [-0.1, -0.05) is 60.7 Å². The van der Waals surface area contributed by atoms with E-state index in [1.807, 2.05) is 12.1 Å². The number of esters is 2. The molecule has 0 aliphatic rings. The van der Waals surface area contributed by atoms with Crippen LogP contribution in [0, 0.1) is 53.6 Å². The van der Waals surface area contributed by atoms with Crippen LogP contribution in [0.15, 0.2) is 60.7 Å². The van der Waals surface area contributed by atoms with Gasteiger partial charge < -0.3 is 20.9 Å². The average molecular weight is 581 g/mol. The minimum Gasteiger partial charge on any atom is -0.420 e. The Kier molecular flexibility index (Phi) is 8.17. The van der Waals surface area contributed by atoms with Crippen LogP contribution in [0.5, 0.6) is 11.5 Å². The van der Waals surface area contributed by atoms with Crippen molar-refractivity contribution in [2.24, 2.45) is 5.41 Å². The molecule has 216 valence electrons. The third kappa shape index (κ3) is 5.22. The van der Waals surface area contributed by atoms with Crippen molar-refractivity contribution in [3.05, 3.63) is 94.6 Å². The number of hydrogen-bond acceptors (Lipinski definition) is 8. The molecule has 0 heterocycles. The molecule has 0 amide bonds. The van der Waals surface area contributed by atoms with Crippen molar-refractivity contribution >= 4 is 23.3 Å². The van der Waals surface area contributed by atoms with Crippen LogP contribution in [-0.4, -0.2) is 11.9 Å². The molecular weight excluding hydrogens is 554 g/mol. The SMILES string of the molecule is Cc1c(C#N)c(N)c(OC(=O)C(C)(C)C(=O)Oc2c(N)c(C#N)c(C)c(-c3ccccc3)c2F)c(F)c1-c1ccccc1. The Morgan fingerprint density at radius 3 is 1.33 bits per heavy atom. The topological polar surface area (TPSA) is 152 Å². The van der Waals surface area contributed by atoms with Gasteiger partial charge in [0.1, 0.15) is 12.1 Å². The van der Waals surface area contributed by atoms with Crippen LogP contribution in [0.4, 0.5) is 20.2 Å². The number of hydrogen-bond donors (Lipinski definition) is 2. The van der Waals surface area contributed by atoms with Gasteiger partial charge in [-0.3, -0.25) is 9.59 Å². The van der Waals surface area contributed by atoms with Crippen molar-refractivity contribution in [2.45, 2.75) is 27.7 Å². The quantitative estimate of drug-likeness (QED) is 0.116. The molecule has 0 radical (unpaired) electrons. The molecule has 4 aromatic rings. The molecule has 0 aliphatic heterocycles. The van der Waals surface area contributed by atoms with Gasteiger partial charge in [0.05, 0.1) is 22.5 Å². The zero-order valence-corrected chi connectivity index (χ0v) is 23.7. The van der Waals surface area contributed by atoms with Crippen LogP contribution in [0.1, 0.15) is 36.1 Å². The van der Waals surface area contributed by atoms with E-state index in [4.69, 9.17) is 20.9 Å². The summed E-state index contributed by atoms with van der Waals surface area (Å²) in [5.74, 6) is -6.12. The van der Waals surface area contributed by atoms with Crippen molar-refractivity contribution in [3.8, 4) is 45.9 Å². The highest BCUT2D eigenvalue weighted by atomic mass is 19.1. The van der Waals surface area contributed by atoms with Crippen LogP contribution in [0.3, 0.4) is 0 Å². The number of benzene rings is 4. The van der Waals surface area contributed by atoms with Gasteiger partial charge >= 0.3 is 11.9 Å². The molecule has 43 heavy (non-hydrogen) atoms. The second-order valence-corrected chi connectivity index (χ2v) is 10.2. The minimum atomic E-state index is -2.16. The number of nitriles is 2. The number of halogens is 2. The molecule has 0 fully saturated rings. The van der Waals surface area contributed by atoms with Crippen molar-refractivity contribution in [2.75, 3.05) is 11.5 Å². The monoisotopic (exact) mass is 580 g/mol. The Bertz CT molecular complexity index is 1720. The van der Waals surface area contributed by atoms with Crippen molar-refractivity contribution in [1.29, 1.82) is 10.5 Å². The Balaban J connectivity index is 1.74. The first-order valence-electron chi connectivity index (χ1n) is 12.9. The van der Waals surface area contributed by atoms with Crippen LogP contribution in [0.25, 0.3) is 22.3 Å². The summed E-state index contributed by atoms with van der Waals surface area (Å²) in [7, 11) is 0. The smallest absolute Gasteiger partial charge is 0.328 e. The molecule has 10 heteroatoms. The highest BCUT2D eigenvalue weighted by Gasteiger charge is 2.42. The van der Waals surface area contributed by atoms with E-state index in [1.165, 1.54) is 13.8 Å². The van der Waals surface area contributed by atoms with Gasteiger partial charge in [0, 0.05) is 11.1 Å². The lowest BCUT2D eigenvalue weighted by Gasteiger charge is -2.24. The maximum absolute atomic E-state index is 15.8. The first-order chi connectivity index (χ1) is 20.4. The van der Waals surface area contributed by atoms with Crippen LogP contribution < -0.4 is 20.9 Å². The van der Waals surface area contributed by atoms with Gasteiger partial charge in [0.2, 0.25) is 0 Å². The lowest BCUT2D eigenvalue weighted by molar-refractivity contribution is -0.158. The highest BCUT2D eigenvalue weighted by molar-refractivity contribution is 6.02. The molecule has 0 saturated heterocycles. The first-order valence-corrected chi connectivity index (χ1v) is 12.9. The van der Waals surface area contributed by atoms with Crippen LogP contribution in [-0.2, 0) is 9.59 Å². The molecule has 0 aromatic heterocycles. The van der Waals surface area contributed by atoms with E-state index in [0.717, 1.165) is 13.8 Å². The molecule has 4 rings (SSSR count). The number of nitrogen functional groups attached to an aromatic ring is 2. The summed E-state index contributed by atoms with van der Waals surface area (Å²) >= 11 is 0. The van der Waals surface area contributed by atoms with E-state index in [-0.39, 0.29) is 33.4 Å². The Morgan fingerprint density at radius 2 is 1.02 bits per heavy atom. The first kappa shape index (κ1) is 30.2. The summed E-state index contributed by atoms with van der Waals surface area (Å²) in [4.78, 5) is 26.7. The maximum atomic E-state index is 15.8. The average Bonchev–Trinajstić information content (AvgIpc) is 2.98. The summed E-state index contributed by atoms with van der Waals surface area (Å²) in [5.41, 5.74) is 10.1. The molecule has 0 atom stereocenters. The standard InChI is InChI=1S/C33H26F2N4O4/c1-17-21(15-36)27(38)29(25(34)23(17)19-11-7-5-8-12-19)42-31(40)33(3,4)32(41)43-30-26(35)24(20-13-9-6-10-14-20)18(2)22(16-37)28(30)39/h5-14H,38-39H2,1-4H3. The lowest BCUT2D eigenvalue weighted by atomic mass is 9.92. The third-order valence-electron chi connectivity index (χ3n) is 7.12. The number of rotatable bonds is 6. The second kappa shape index (κ2) is 11.6. The van der Waals surface area contributed by atoms with Crippen molar-refractivity contribution in [3.63, 3.8) is 0 Å². The van der Waals surface area contributed by atoms with Crippen molar-refractivity contribution in [1.82, 2.24) is 0 Å². The Hall–Kier alpha value is -5.74. The van der Waals surface area contributed by atoms with E-state index in [1.54, 1.807) is 60.7 Å². The fraction of sp³-hybridized carbons (Fsp3) is 0.152. The van der Waals surface area contributed by atoms with E-state index in [0.29, 0.717) is 11.1 Å². The van der Waals surface area contributed by atoms with Gasteiger partial charge in [-0.15, -0.1) is 0 Å². The molecule has 4 N–H and O–H groups in total. The zero-order valence-electron chi connectivity index (χ0n) is 23.7. The summed E-state index contributed by atoms with van der Waals surface area (Å²) in [6.07, 6.45) is 0. The molecule has 0 unspecified atom stereocenters. The van der Waals surface area contributed by atoms with Crippen molar-refractivity contribution < 1.29 is 27.8 Å². The number of nitrogens with zero attached hydrogens (tertiary/aromatic N) is 2. The molecule has 0 aliphatic carbocycles. The maximum Gasteiger partial charge on any atom is 0.328 e. The van der Waals surface area contributed by atoms with Gasteiger partial charge in [-0.2, -0.15) is 10.5 Å². The van der Waals surface area contributed by atoms with Crippen LogP contribution in [0.2, 0.25) is 0 Å².